The Morgan fingerprint density at radius 1 is 0.871 bits per heavy atom. The van der Waals surface area contributed by atoms with E-state index in [-0.39, 0.29) is 5.82 Å². The van der Waals surface area contributed by atoms with Crippen molar-refractivity contribution in [3.8, 4) is 5.75 Å². The summed E-state index contributed by atoms with van der Waals surface area (Å²) in [5, 5.41) is 6.72. The van der Waals surface area contributed by atoms with Gasteiger partial charge in [0.25, 0.3) is 5.91 Å². The predicted octanol–water partition coefficient (Wildman–Crippen LogP) is 5.04. The highest BCUT2D eigenvalue weighted by atomic mass is 19.1. The highest BCUT2D eigenvalue weighted by Crippen LogP contribution is 2.17. The fraction of sp³-hybridized carbons (Fsp3) is 0.0833. The van der Waals surface area contributed by atoms with Crippen molar-refractivity contribution in [2.75, 3.05) is 5.32 Å². The molecule has 0 saturated heterocycles. The maximum absolute atomic E-state index is 13.8. The lowest BCUT2D eigenvalue weighted by Gasteiger charge is -2.11. The largest absolute Gasteiger partial charge is 0.489 e. The molecule has 0 radical (unpaired) electrons. The van der Waals surface area contributed by atoms with Crippen LogP contribution in [0.5, 0.6) is 5.75 Å². The summed E-state index contributed by atoms with van der Waals surface area (Å²) in [6, 6.07) is 22.2. The number of halogens is 2. The number of hydrogen-bond donors (Lipinski definition) is 1. The second-order valence-electron chi connectivity index (χ2n) is 6.82. The molecule has 4 aromatic rings. The first-order valence-corrected chi connectivity index (χ1v) is 9.63. The Kier molecular flexibility index (Phi) is 6.03. The van der Waals surface area contributed by atoms with Crippen LogP contribution >= 0.6 is 0 Å². The van der Waals surface area contributed by atoms with Gasteiger partial charge in [-0.1, -0.05) is 48.5 Å². The monoisotopic (exact) mass is 419 g/mol. The van der Waals surface area contributed by atoms with Gasteiger partial charge in [-0.25, -0.2) is 8.78 Å². The summed E-state index contributed by atoms with van der Waals surface area (Å²) in [7, 11) is 0. The molecule has 1 N–H and O–H groups in total. The number of carbonyl (C=O) groups excluding carboxylic acids is 1. The number of para-hydroxylation sites is 1. The molecule has 3 aromatic carbocycles. The number of aromatic nitrogens is 2. The lowest BCUT2D eigenvalue weighted by atomic mass is 10.1. The van der Waals surface area contributed by atoms with Crippen LogP contribution in [0.2, 0.25) is 0 Å². The maximum atomic E-state index is 13.8. The van der Waals surface area contributed by atoms with Crippen LogP contribution in [0.3, 0.4) is 0 Å². The fourth-order valence-corrected chi connectivity index (χ4v) is 3.11. The van der Waals surface area contributed by atoms with Gasteiger partial charge in [0.2, 0.25) is 0 Å². The first kappa shape index (κ1) is 20.3. The van der Waals surface area contributed by atoms with Crippen LogP contribution in [0.25, 0.3) is 0 Å². The Morgan fingerprint density at radius 2 is 1.55 bits per heavy atom. The van der Waals surface area contributed by atoms with Gasteiger partial charge in [-0.05, 0) is 35.4 Å². The van der Waals surface area contributed by atoms with Crippen molar-refractivity contribution in [3.05, 3.63) is 113 Å². The average Bonchev–Trinajstić information content (AvgIpc) is 3.20. The van der Waals surface area contributed by atoms with Crippen molar-refractivity contribution < 1.29 is 18.3 Å². The van der Waals surface area contributed by atoms with Crippen molar-refractivity contribution >= 4 is 11.7 Å². The summed E-state index contributed by atoms with van der Waals surface area (Å²) >= 11 is 0. The van der Waals surface area contributed by atoms with Crippen LogP contribution < -0.4 is 10.1 Å². The number of carbonyl (C=O) groups is 1. The number of nitrogens with zero attached hydrogens (tertiary/aromatic N) is 2. The van der Waals surface area contributed by atoms with E-state index in [0.29, 0.717) is 13.2 Å². The van der Waals surface area contributed by atoms with Gasteiger partial charge in [0, 0.05) is 12.3 Å². The van der Waals surface area contributed by atoms with E-state index in [2.05, 4.69) is 10.4 Å². The second kappa shape index (κ2) is 9.21. The third-order valence-electron chi connectivity index (χ3n) is 4.66. The number of benzene rings is 3. The molecular formula is C24H19F2N3O2. The van der Waals surface area contributed by atoms with Gasteiger partial charge in [-0.15, -0.1) is 0 Å². The van der Waals surface area contributed by atoms with Crippen molar-refractivity contribution in [1.29, 1.82) is 0 Å². The van der Waals surface area contributed by atoms with E-state index in [0.717, 1.165) is 29.0 Å². The Bertz CT molecular complexity index is 1170. The Labute approximate surface area is 177 Å². The number of rotatable bonds is 7. The van der Waals surface area contributed by atoms with Gasteiger partial charge in [-0.3, -0.25) is 9.48 Å². The minimum absolute atomic E-state index is 0.200. The lowest BCUT2D eigenvalue weighted by Crippen LogP contribution is -2.16. The van der Waals surface area contributed by atoms with Crippen LogP contribution in [-0.4, -0.2) is 15.7 Å². The van der Waals surface area contributed by atoms with E-state index in [1.165, 1.54) is 6.07 Å². The van der Waals surface area contributed by atoms with Crippen molar-refractivity contribution in [2.45, 2.75) is 13.2 Å². The maximum Gasteiger partial charge on any atom is 0.262 e. The van der Waals surface area contributed by atoms with Gasteiger partial charge < -0.3 is 10.1 Å². The predicted molar refractivity (Wildman–Crippen MR) is 113 cm³/mol. The summed E-state index contributed by atoms with van der Waals surface area (Å²) < 4.78 is 35.1. The normalized spacial score (nSPS) is 10.6. The van der Waals surface area contributed by atoms with Crippen LogP contribution in [-0.2, 0) is 13.2 Å². The molecule has 0 fully saturated rings. The molecule has 1 heterocycles. The molecule has 0 aliphatic rings. The molecule has 1 aromatic heterocycles. The first-order chi connectivity index (χ1) is 15.1. The van der Waals surface area contributed by atoms with Crippen LogP contribution in [0.4, 0.5) is 14.6 Å². The zero-order chi connectivity index (χ0) is 21.6. The Hall–Kier alpha value is -4.00. The number of amides is 1. The molecule has 0 aliphatic heterocycles. The molecule has 156 valence electrons. The average molecular weight is 419 g/mol. The third-order valence-corrected chi connectivity index (χ3v) is 4.66. The molecule has 5 nitrogen and oxygen atoms in total. The zero-order valence-corrected chi connectivity index (χ0v) is 16.5. The molecule has 0 aliphatic carbocycles. The van der Waals surface area contributed by atoms with Crippen LogP contribution in [0.1, 0.15) is 21.5 Å². The highest BCUT2D eigenvalue weighted by molar-refractivity contribution is 6.04. The summed E-state index contributed by atoms with van der Waals surface area (Å²) in [6.45, 7) is 0.843. The van der Waals surface area contributed by atoms with Gasteiger partial charge in [0.05, 0.1) is 6.54 Å². The molecule has 0 bridgehead atoms. The summed E-state index contributed by atoms with van der Waals surface area (Å²) in [4.78, 5) is 12.2. The molecule has 0 unspecified atom stereocenters. The van der Waals surface area contributed by atoms with E-state index in [9.17, 15) is 13.6 Å². The lowest BCUT2D eigenvalue weighted by molar-refractivity contribution is 0.101. The van der Waals surface area contributed by atoms with E-state index in [4.69, 9.17) is 4.74 Å². The minimum atomic E-state index is -0.927. The van der Waals surface area contributed by atoms with Crippen molar-refractivity contribution in [2.24, 2.45) is 0 Å². The number of hydrogen-bond acceptors (Lipinski definition) is 3. The van der Waals surface area contributed by atoms with E-state index >= 15 is 0 Å². The third kappa shape index (κ3) is 4.95. The van der Waals surface area contributed by atoms with Crippen LogP contribution in [0, 0.1) is 11.6 Å². The summed E-state index contributed by atoms with van der Waals surface area (Å²) in [5.74, 6) is -1.77. The molecule has 31 heavy (non-hydrogen) atoms. The molecule has 7 heteroatoms. The highest BCUT2D eigenvalue weighted by Gasteiger charge is 2.18. The topological polar surface area (TPSA) is 56.2 Å². The van der Waals surface area contributed by atoms with Gasteiger partial charge >= 0.3 is 0 Å². The van der Waals surface area contributed by atoms with Crippen molar-refractivity contribution in [1.82, 2.24) is 9.78 Å². The smallest absolute Gasteiger partial charge is 0.262 e. The van der Waals surface area contributed by atoms with Gasteiger partial charge in [0.15, 0.2) is 5.82 Å². The molecule has 1 amide bonds. The molecule has 0 atom stereocenters. The molecule has 0 saturated carbocycles. The SMILES string of the molecule is O=C(Nc1ccn(Cc2ccccc2COc2ccccc2)n1)c1c(F)cccc1F. The van der Waals surface area contributed by atoms with Crippen LogP contribution in [0.15, 0.2) is 85.1 Å². The summed E-state index contributed by atoms with van der Waals surface area (Å²) in [5.41, 5.74) is 1.36. The molecule has 4 rings (SSSR count). The van der Waals surface area contributed by atoms with Crippen molar-refractivity contribution in [3.63, 3.8) is 0 Å². The Balaban J connectivity index is 1.44. The number of nitrogens with one attached hydrogen (secondary N) is 1. The fourth-order valence-electron chi connectivity index (χ4n) is 3.11. The Morgan fingerprint density at radius 3 is 2.29 bits per heavy atom. The minimum Gasteiger partial charge on any atom is -0.489 e. The quantitative estimate of drug-likeness (QED) is 0.457. The van der Waals surface area contributed by atoms with Gasteiger partial charge in [-0.2, -0.15) is 5.10 Å². The van der Waals surface area contributed by atoms with E-state index < -0.39 is 23.1 Å². The second-order valence-corrected chi connectivity index (χ2v) is 6.82. The molecular weight excluding hydrogens is 400 g/mol. The molecule has 0 spiro atoms. The number of anilines is 1. The summed E-state index contributed by atoms with van der Waals surface area (Å²) in [6.07, 6.45) is 1.68. The van der Waals surface area contributed by atoms with Gasteiger partial charge in [0.1, 0.15) is 29.6 Å². The van der Waals surface area contributed by atoms with E-state index in [1.807, 2.05) is 54.6 Å². The number of ether oxygens (including phenoxy) is 1. The standard InChI is InChI=1S/C24H19F2N3O2/c25-20-11-6-12-21(26)23(20)24(30)27-22-13-14-29(28-22)15-17-7-4-5-8-18(17)16-31-19-9-2-1-3-10-19/h1-14H,15-16H2,(H,27,28,30). The first-order valence-electron chi connectivity index (χ1n) is 9.63. The van der Waals surface area contributed by atoms with E-state index in [1.54, 1.807) is 16.9 Å². The zero-order valence-electron chi connectivity index (χ0n) is 16.5.